The maximum Gasteiger partial charge on any atom is 0.221 e. The molecule has 0 fully saturated rings. The Bertz CT molecular complexity index is 693. The molecule has 0 unspecified atom stereocenters. The Labute approximate surface area is 140 Å². The number of nitriles is 1. The van der Waals surface area contributed by atoms with Gasteiger partial charge in [0.15, 0.2) is 0 Å². The predicted octanol–water partition coefficient (Wildman–Crippen LogP) is 3.37. The minimum Gasteiger partial charge on any atom is -0.497 e. The maximum absolute atomic E-state index is 11.9. The Morgan fingerprint density at radius 2 is 2.04 bits per heavy atom. The van der Waals surface area contributed by atoms with E-state index in [2.05, 4.69) is 11.4 Å². The van der Waals surface area contributed by atoms with Crippen LogP contribution in [0.5, 0.6) is 5.75 Å². The summed E-state index contributed by atoms with van der Waals surface area (Å²) in [4.78, 5) is 13.0. The van der Waals surface area contributed by atoms with Crippen molar-refractivity contribution in [2.75, 3.05) is 12.9 Å². The molecule has 0 aliphatic rings. The summed E-state index contributed by atoms with van der Waals surface area (Å²) in [6, 6.07) is 17.1. The molecule has 0 bridgehead atoms. The average molecular weight is 326 g/mol. The fourth-order valence-corrected chi connectivity index (χ4v) is 2.83. The summed E-state index contributed by atoms with van der Waals surface area (Å²) in [5, 5.41) is 11.7. The molecule has 2 aromatic carbocycles. The minimum absolute atomic E-state index is 0.00775. The summed E-state index contributed by atoms with van der Waals surface area (Å²) in [6.45, 7) is 0.446. The number of nitrogens with zero attached hydrogens (tertiary/aromatic N) is 1. The number of hydrogen-bond acceptors (Lipinski definition) is 4. The molecule has 1 amide bonds. The van der Waals surface area contributed by atoms with Gasteiger partial charge in [0.05, 0.1) is 18.7 Å². The number of nitrogens with one attached hydrogen (secondary N) is 1. The van der Waals surface area contributed by atoms with Gasteiger partial charge in [-0.05, 0) is 42.0 Å². The first-order valence-electron chi connectivity index (χ1n) is 7.24. The smallest absolute Gasteiger partial charge is 0.221 e. The van der Waals surface area contributed by atoms with Crippen molar-refractivity contribution < 1.29 is 9.53 Å². The number of carbonyl (C=O) groups excluding carboxylic acids is 1. The Morgan fingerprint density at radius 1 is 1.26 bits per heavy atom. The topological polar surface area (TPSA) is 62.1 Å². The molecule has 0 spiro atoms. The average Bonchev–Trinajstić information content (AvgIpc) is 2.61. The molecule has 118 valence electrons. The lowest BCUT2D eigenvalue weighted by atomic mass is 10.1. The lowest BCUT2D eigenvalue weighted by Gasteiger charge is -2.06. The number of ether oxygens (including phenoxy) is 1. The second kappa shape index (κ2) is 8.86. The van der Waals surface area contributed by atoms with Gasteiger partial charge in [-0.15, -0.1) is 11.8 Å². The van der Waals surface area contributed by atoms with Crippen LogP contribution in [0.15, 0.2) is 53.4 Å². The molecule has 5 heteroatoms. The molecule has 1 N–H and O–H groups in total. The van der Waals surface area contributed by atoms with Crippen molar-refractivity contribution in [3.05, 3.63) is 59.7 Å². The third-order valence-corrected chi connectivity index (χ3v) is 4.22. The zero-order valence-corrected chi connectivity index (χ0v) is 13.7. The highest BCUT2D eigenvalue weighted by Gasteiger charge is 2.03. The highest BCUT2D eigenvalue weighted by Crippen LogP contribution is 2.21. The Balaban J connectivity index is 1.71. The highest BCUT2D eigenvalue weighted by molar-refractivity contribution is 7.99. The van der Waals surface area contributed by atoms with Crippen molar-refractivity contribution in [3.8, 4) is 11.8 Å². The molecule has 2 rings (SSSR count). The molecule has 23 heavy (non-hydrogen) atoms. The second-order valence-electron chi connectivity index (χ2n) is 4.86. The molecular formula is C18H18N2O2S. The Kier molecular flexibility index (Phi) is 6.52. The predicted molar refractivity (Wildman–Crippen MR) is 91.3 cm³/mol. The molecule has 0 aliphatic carbocycles. The molecule has 0 aromatic heterocycles. The van der Waals surface area contributed by atoms with Gasteiger partial charge in [0.2, 0.25) is 5.91 Å². The van der Waals surface area contributed by atoms with E-state index in [0.29, 0.717) is 18.5 Å². The van der Waals surface area contributed by atoms with Gasteiger partial charge in [0.25, 0.3) is 0 Å². The Hall–Kier alpha value is -2.45. The molecule has 0 saturated carbocycles. The number of benzene rings is 2. The SMILES string of the molecule is COc1ccc(SCCC(=O)NCc2cccc(C#N)c2)cc1. The summed E-state index contributed by atoms with van der Waals surface area (Å²) in [5.74, 6) is 1.55. The van der Waals surface area contributed by atoms with Gasteiger partial charge in [0, 0.05) is 23.6 Å². The summed E-state index contributed by atoms with van der Waals surface area (Å²) < 4.78 is 5.11. The van der Waals surface area contributed by atoms with Crippen molar-refractivity contribution in [1.29, 1.82) is 5.26 Å². The molecule has 0 radical (unpaired) electrons. The summed E-state index contributed by atoms with van der Waals surface area (Å²) in [7, 11) is 1.64. The van der Waals surface area contributed by atoms with Crippen molar-refractivity contribution in [3.63, 3.8) is 0 Å². The number of hydrogen-bond donors (Lipinski definition) is 1. The van der Waals surface area contributed by atoms with Gasteiger partial charge in [0.1, 0.15) is 5.75 Å². The van der Waals surface area contributed by atoms with Crippen molar-refractivity contribution in [2.24, 2.45) is 0 Å². The number of methoxy groups -OCH3 is 1. The zero-order chi connectivity index (χ0) is 16.5. The second-order valence-corrected chi connectivity index (χ2v) is 6.03. The normalized spacial score (nSPS) is 9.91. The third kappa shape index (κ3) is 5.68. The van der Waals surface area contributed by atoms with Crippen LogP contribution in [0.4, 0.5) is 0 Å². The summed E-state index contributed by atoms with van der Waals surface area (Å²) in [6.07, 6.45) is 0.453. The standard InChI is InChI=1S/C18H18N2O2S/c1-22-16-5-7-17(8-6-16)23-10-9-18(21)20-13-15-4-2-3-14(11-15)12-19/h2-8,11H,9-10,13H2,1H3,(H,20,21). The van der Waals surface area contributed by atoms with Gasteiger partial charge in [-0.3, -0.25) is 4.79 Å². The van der Waals surface area contributed by atoms with Gasteiger partial charge in [-0.1, -0.05) is 12.1 Å². The number of carbonyl (C=O) groups is 1. The highest BCUT2D eigenvalue weighted by atomic mass is 32.2. The van der Waals surface area contributed by atoms with Crippen molar-refractivity contribution in [2.45, 2.75) is 17.9 Å². The fraction of sp³-hybridized carbons (Fsp3) is 0.222. The van der Waals surface area contributed by atoms with E-state index in [4.69, 9.17) is 10.00 Å². The monoisotopic (exact) mass is 326 g/mol. The first-order valence-corrected chi connectivity index (χ1v) is 8.22. The molecule has 0 aliphatic heterocycles. The van der Waals surface area contributed by atoms with E-state index in [1.54, 1.807) is 31.0 Å². The van der Waals surface area contributed by atoms with Gasteiger partial charge >= 0.3 is 0 Å². The van der Waals surface area contributed by atoms with Crippen LogP contribution in [0.3, 0.4) is 0 Å². The van der Waals surface area contributed by atoms with Crippen LogP contribution in [0.25, 0.3) is 0 Å². The third-order valence-electron chi connectivity index (χ3n) is 3.20. The minimum atomic E-state index is 0.00775. The molecular weight excluding hydrogens is 308 g/mol. The van der Waals surface area contributed by atoms with E-state index in [0.717, 1.165) is 22.0 Å². The van der Waals surface area contributed by atoms with Crippen LogP contribution in [-0.4, -0.2) is 18.8 Å². The van der Waals surface area contributed by atoms with Gasteiger partial charge in [-0.2, -0.15) is 5.26 Å². The van der Waals surface area contributed by atoms with E-state index < -0.39 is 0 Å². The molecule has 0 saturated heterocycles. The number of thioether (sulfide) groups is 1. The van der Waals surface area contributed by atoms with Crippen LogP contribution in [-0.2, 0) is 11.3 Å². The molecule has 0 heterocycles. The molecule has 0 atom stereocenters. The van der Waals surface area contributed by atoms with Crippen LogP contribution >= 0.6 is 11.8 Å². The van der Waals surface area contributed by atoms with E-state index in [1.165, 1.54) is 0 Å². The fourth-order valence-electron chi connectivity index (χ4n) is 1.97. The van der Waals surface area contributed by atoms with Crippen LogP contribution in [0, 0.1) is 11.3 Å². The first-order chi connectivity index (χ1) is 11.2. The van der Waals surface area contributed by atoms with Gasteiger partial charge in [-0.25, -0.2) is 0 Å². The van der Waals surface area contributed by atoms with E-state index in [1.807, 2.05) is 36.4 Å². The number of amides is 1. The van der Waals surface area contributed by atoms with E-state index >= 15 is 0 Å². The zero-order valence-electron chi connectivity index (χ0n) is 12.9. The molecule has 2 aromatic rings. The van der Waals surface area contributed by atoms with Crippen LogP contribution in [0.1, 0.15) is 17.5 Å². The van der Waals surface area contributed by atoms with Crippen molar-refractivity contribution in [1.82, 2.24) is 5.32 Å². The quantitative estimate of drug-likeness (QED) is 0.793. The van der Waals surface area contributed by atoms with E-state index in [9.17, 15) is 4.79 Å². The first kappa shape index (κ1) is 16.9. The summed E-state index contributed by atoms with van der Waals surface area (Å²) in [5.41, 5.74) is 1.53. The summed E-state index contributed by atoms with van der Waals surface area (Å²) >= 11 is 1.64. The molecule has 4 nitrogen and oxygen atoms in total. The van der Waals surface area contributed by atoms with Crippen LogP contribution < -0.4 is 10.1 Å². The lowest BCUT2D eigenvalue weighted by molar-refractivity contribution is -0.120. The maximum atomic E-state index is 11.9. The van der Waals surface area contributed by atoms with Crippen LogP contribution in [0.2, 0.25) is 0 Å². The van der Waals surface area contributed by atoms with Crippen molar-refractivity contribution >= 4 is 17.7 Å². The Morgan fingerprint density at radius 3 is 2.74 bits per heavy atom. The largest absolute Gasteiger partial charge is 0.497 e. The number of rotatable bonds is 7. The van der Waals surface area contributed by atoms with E-state index in [-0.39, 0.29) is 5.91 Å². The van der Waals surface area contributed by atoms with Gasteiger partial charge < -0.3 is 10.1 Å². The lowest BCUT2D eigenvalue weighted by Crippen LogP contribution is -2.23.